The van der Waals surface area contributed by atoms with Crippen LogP contribution >= 0.6 is 0 Å². The molecule has 0 saturated carbocycles. The van der Waals surface area contributed by atoms with Crippen LogP contribution in [0.2, 0.25) is 0 Å². The first-order chi connectivity index (χ1) is 9.15. The number of ether oxygens (including phenoxy) is 1. The maximum atomic E-state index is 5.29. The summed E-state index contributed by atoms with van der Waals surface area (Å²) in [5.41, 5.74) is 4.47. The lowest BCUT2D eigenvalue weighted by atomic mass is 9.97. The summed E-state index contributed by atoms with van der Waals surface area (Å²) in [5, 5.41) is 3.35. The number of rotatable bonds is 4. The Morgan fingerprint density at radius 3 is 2.58 bits per heavy atom. The molecule has 19 heavy (non-hydrogen) atoms. The van der Waals surface area contributed by atoms with Gasteiger partial charge in [0.25, 0.3) is 0 Å². The molecular weight excluding hydrogens is 236 g/mol. The standard InChI is InChI=1S/C16H20N2O/c1-11-8-9-15(12(2)18-11)16(17-3)13-6-5-7-14(10-13)19-4/h5-10,16-17H,1-4H3. The lowest BCUT2D eigenvalue weighted by Gasteiger charge is -2.19. The van der Waals surface area contributed by atoms with E-state index in [1.807, 2.05) is 39.1 Å². The van der Waals surface area contributed by atoms with Crippen LogP contribution < -0.4 is 10.1 Å². The van der Waals surface area contributed by atoms with Crippen LogP contribution in [-0.4, -0.2) is 19.1 Å². The van der Waals surface area contributed by atoms with Crippen molar-refractivity contribution in [2.24, 2.45) is 0 Å². The molecule has 0 amide bonds. The normalized spacial score (nSPS) is 12.2. The predicted molar refractivity (Wildman–Crippen MR) is 77.6 cm³/mol. The second kappa shape index (κ2) is 5.85. The molecule has 0 bridgehead atoms. The number of benzene rings is 1. The lowest BCUT2D eigenvalue weighted by molar-refractivity contribution is 0.413. The van der Waals surface area contributed by atoms with E-state index in [1.54, 1.807) is 7.11 Å². The topological polar surface area (TPSA) is 34.1 Å². The van der Waals surface area contributed by atoms with Gasteiger partial charge in [0.05, 0.1) is 13.2 Å². The molecule has 1 aromatic carbocycles. The lowest BCUT2D eigenvalue weighted by Crippen LogP contribution is -2.19. The molecular formula is C16H20N2O. The van der Waals surface area contributed by atoms with E-state index >= 15 is 0 Å². The van der Waals surface area contributed by atoms with Gasteiger partial charge in [-0.15, -0.1) is 0 Å². The Kier molecular flexibility index (Phi) is 4.17. The monoisotopic (exact) mass is 256 g/mol. The maximum Gasteiger partial charge on any atom is 0.119 e. The molecule has 3 nitrogen and oxygen atoms in total. The van der Waals surface area contributed by atoms with E-state index in [0.29, 0.717) is 0 Å². The summed E-state index contributed by atoms with van der Waals surface area (Å²) in [6.07, 6.45) is 0. The summed E-state index contributed by atoms with van der Waals surface area (Å²) >= 11 is 0. The Morgan fingerprint density at radius 1 is 1.16 bits per heavy atom. The molecule has 1 atom stereocenters. The summed E-state index contributed by atoms with van der Waals surface area (Å²) < 4.78 is 5.29. The fraction of sp³-hybridized carbons (Fsp3) is 0.312. The minimum absolute atomic E-state index is 0.128. The van der Waals surface area contributed by atoms with E-state index in [-0.39, 0.29) is 6.04 Å². The summed E-state index contributed by atoms with van der Waals surface area (Å²) in [6.45, 7) is 4.06. The van der Waals surface area contributed by atoms with Crippen LogP contribution in [0.1, 0.15) is 28.6 Å². The van der Waals surface area contributed by atoms with Crippen LogP contribution in [0.15, 0.2) is 36.4 Å². The molecule has 0 saturated heterocycles. The van der Waals surface area contributed by atoms with Crippen molar-refractivity contribution in [3.8, 4) is 5.75 Å². The molecule has 0 aliphatic carbocycles. The van der Waals surface area contributed by atoms with Gasteiger partial charge in [0.15, 0.2) is 0 Å². The van der Waals surface area contributed by atoms with Crippen LogP contribution in [-0.2, 0) is 0 Å². The fourth-order valence-electron chi connectivity index (χ4n) is 2.33. The number of aromatic nitrogens is 1. The number of hydrogen-bond acceptors (Lipinski definition) is 3. The molecule has 2 rings (SSSR count). The van der Waals surface area contributed by atoms with E-state index in [1.165, 1.54) is 11.1 Å². The van der Waals surface area contributed by atoms with Crippen molar-refractivity contribution in [2.75, 3.05) is 14.2 Å². The first kappa shape index (κ1) is 13.6. The average molecular weight is 256 g/mol. The van der Waals surface area contributed by atoms with Gasteiger partial charge in [-0.25, -0.2) is 0 Å². The molecule has 1 N–H and O–H groups in total. The van der Waals surface area contributed by atoms with Crippen molar-refractivity contribution in [2.45, 2.75) is 19.9 Å². The van der Waals surface area contributed by atoms with Crippen molar-refractivity contribution in [3.63, 3.8) is 0 Å². The second-order valence-corrected chi connectivity index (χ2v) is 4.63. The summed E-state index contributed by atoms with van der Waals surface area (Å²) in [4.78, 5) is 4.54. The third-order valence-electron chi connectivity index (χ3n) is 3.29. The molecule has 2 aromatic rings. The van der Waals surface area contributed by atoms with Crippen LogP contribution in [0.25, 0.3) is 0 Å². The molecule has 1 unspecified atom stereocenters. The van der Waals surface area contributed by atoms with Gasteiger partial charge >= 0.3 is 0 Å². The highest BCUT2D eigenvalue weighted by Crippen LogP contribution is 2.26. The number of hydrogen-bond donors (Lipinski definition) is 1. The van der Waals surface area contributed by atoms with Crippen LogP contribution in [0.5, 0.6) is 5.75 Å². The number of nitrogens with one attached hydrogen (secondary N) is 1. The van der Waals surface area contributed by atoms with E-state index in [9.17, 15) is 0 Å². The van der Waals surface area contributed by atoms with E-state index in [2.05, 4.69) is 28.5 Å². The van der Waals surface area contributed by atoms with Gasteiger partial charge in [-0.1, -0.05) is 18.2 Å². The zero-order valence-corrected chi connectivity index (χ0v) is 11.9. The Labute approximate surface area is 114 Å². The van der Waals surface area contributed by atoms with Gasteiger partial charge in [0, 0.05) is 11.4 Å². The SMILES string of the molecule is CNC(c1cccc(OC)c1)c1ccc(C)nc1C. The van der Waals surface area contributed by atoms with Crippen molar-refractivity contribution in [1.29, 1.82) is 0 Å². The van der Waals surface area contributed by atoms with Crippen molar-refractivity contribution >= 4 is 0 Å². The summed E-state index contributed by atoms with van der Waals surface area (Å²) in [6, 6.07) is 12.4. The highest BCUT2D eigenvalue weighted by molar-refractivity contribution is 5.38. The Morgan fingerprint density at radius 2 is 1.95 bits per heavy atom. The molecule has 0 aliphatic heterocycles. The van der Waals surface area contributed by atoms with E-state index in [4.69, 9.17) is 4.74 Å². The number of methoxy groups -OCH3 is 1. The van der Waals surface area contributed by atoms with Crippen molar-refractivity contribution in [3.05, 3.63) is 58.9 Å². The first-order valence-electron chi connectivity index (χ1n) is 6.41. The van der Waals surface area contributed by atoms with E-state index < -0.39 is 0 Å². The van der Waals surface area contributed by atoms with Crippen LogP contribution in [0.3, 0.4) is 0 Å². The zero-order valence-electron chi connectivity index (χ0n) is 11.9. The molecule has 0 aliphatic rings. The van der Waals surface area contributed by atoms with Crippen molar-refractivity contribution in [1.82, 2.24) is 10.3 Å². The maximum absolute atomic E-state index is 5.29. The summed E-state index contributed by atoms with van der Waals surface area (Å²) in [7, 11) is 3.65. The highest BCUT2D eigenvalue weighted by atomic mass is 16.5. The van der Waals surface area contributed by atoms with Crippen LogP contribution in [0.4, 0.5) is 0 Å². The quantitative estimate of drug-likeness (QED) is 0.913. The van der Waals surface area contributed by atoms with Gasteiger partial charge in [-0.05, 0) is 50.2 Å². The smallest absolute Gasteiger partial charge is 0.119 e. The minimum Gasteiger partial charge on any atom is -0.497 e. The van der Waals surface area contributed by atoms with Gasteiger partial charge in [0.1, 0.15) is 5.75 Å². The minimum atomic E-state index is 0.128. The average Bonchev–Trinajstić information content (AvgIpc) is 2.42. The second-order valence-electron chi connectivity index (χ2n) is 4.63. The molecule has 0 fully saturated rings. The Balaban J connectivity index is 2.43. The van der Waals surface area contributed by atoms with Gasteiger partial charge < -0.3 is 10.1 Å². The third kappa shape index (κ3) is 2.93. The highest BCUT2D eigenvalue weighted by Gasteiger charge is 2.15. The molecule has 0 spiro atoms. The van der Waals surface area contributed by atoms with Gasteiger partial charge in [-0.2, -0.15) is 0 Å². The molecule has 0 radical (unpaired) electrons. The Hall–Kier alpha value is -1.87. The molecule has 1 heterocycles. The largest absolute Gasteiger partial charge is 0.497 e. The van der Waals surface area contributed by atoms with Crippen LogP contribution in [0, 0.1) is 13.8 Å². The van der Waals surface area contributed by atoms with E-state index in [0.717, 1.165) is 17.1 Å². The number of pyridine rings is 1. The summed E-state index contributed by atoms with van der Waals surface area (Å²) in [5.74, 6) is 0.871. The molecule has 100 valence electrons. The Bertz CT molecular complexity index is 566. The third-order valence-corrected chi connectivity index (χ3v) is 3.29. The number of aryl methyl sites for hydroxylation is 2. The molecule has 1 aromatic heterocycles. The fourth-order valence-corrected chi connectivity index (χ4v) is 2.33. The zero-order chi connectivity index (χ0) is 13.8. The number of nitrogens with zero attached hydrogens (tertiary/aromatic N) is 1. The van der Waals surface area contributed by atoms with Crippen molar-refractivity contribution < 1.29 is 4.74 Å². The first-order valence-corrected chi connectivity index (χ1v) is 6.41. The van der Waals surface area contributed by atoms with Gasteiger partial charge in [0.2, 0.25) is 0 Å². The van der Waals surface area contributed by atoms with Gasteiger partial charge in [-0.3, -0.25) is 4.98 Å². The molecule has 3 heteroatoms. The predicted octanol–water partition coefficient (Wildman–Crippen LogP) is 3.02.